The first-order chi connectivity index (χ1) is 14.4. The molecule has 0 saturated heterocycles. The van der Waals surface area contributed by atoms with Crippen molar-refractivity contribution in [2.75, 3.05) is 0 Å². The number of hydrogen-bond donors (Lipinski definition) is 0. The van der Waals surface area contributed by atoms with E-state index in [2.05, 4.69) is 0 Å². The third-order valence-electron chi connectivity index (χ3n) is 5.07. The SMILES string of the molecule is CC(Cc1ccccc1)(c1cccc(CC(F)(F)F)c1)c1cccc(OC(F)(F)I)c1. The van der Waals surface area contributed by atoms with E-state index in [0.29, 0.717) is 17.5 Å². The standard InChI is InChI=1S/C24H20F5IO/c1-22(15-17-7-3-2-4-8-17,19-10-5-9-18(13-19)16-23(25,26)27)20-11-6-12-21(14-20)31-24(28,29)30/h2-14H,15-16H2,1H3. The molecule has 0 aliphatic heterocycles. The van der Waals surface area contributed by atoms with Crippen LogP contribution in [0.15, 0.2) is 78.9 Å². The van der Waals surface area contributed by atoms with Crippen LogP contribution < -0.4 is 4.74 Å². The average molecular weight is 546 g/mol. The highest BCUT2D eigenvalue weighted by molar-refractivity contribution is 14.1. The van der Waals surface area contributed by atoms with Gasteiger partial charge in [-0.25, -0.2) is 0 Å². The van der Waals surface area contributed by atoms with Gasteiger partial charge in [0.05, 0.1) is 29.0 Å². The molecule has 3 aromatic rings. The van der Waals surface area contributed by atoms with Crippen LogP contribution in [0.5, 0.6) is 5.75 Å². The predicted octanol–water partition coefficient (Wildman–Crippen LogP) is 7.70. The monoisotopic (exact) mass is 546 g/mol. The molecule has 0 fully saturated rings. The van der Waals surface area contributed by atoms with Crippen LogP contribution in [0.3, 0.4) is 0 Å². The Labute approximate surface area is 191 Å². The zero-order chi connectivity index (χ0) is 22.7. The summed E-state index contributed by atoms with van der Waals surface area (Å²) in [5.41, 5.74) is 1.67. The predicted molar refractivity (Wildman–Crippen MR) is 119 cm³/mol. The molecule has 1 atom stereocenters. The minimum absolute atomic E-state index is 0.0115. The van der Waals surface area contributed by atoms with Crippen LogP contribution >= 0.6 is 22.6 Å². The Balaban J connectivity index is 2.09. The number of benzene rings is 3. The normalized spacial score (nSPS) is 14.2. The summed E-state index contributed by atoms with van der Waals surface area (Å²) in [6.45, 7) is 1.90. The molecule has 0 amide bonds. The molecule has 0 aliphatic rings. The van der Waals surface area contributed by atoms with Gasteiger partial charge in [-0.15, -0.1) is 0 Å². The van der Waals surface area contributed by atoms with Crippen LogP contribution in [-0.4, -0.2) is 10.3 Å². The van der Waals surface area contributed by atoms with E-state index in [4.69, 9.17) is 4.74 Å². The second-order valence-electron chi connectivity index (χ2n) is 7.56. The molecule has 1 unspecified atom stereocenters. The fourth-order valence-electron chi connectivity index (χ4n) is 3.67. The van der Waals surface area contributed by atoms with E-state index in [1.54, 1.807) is 24.3 Å². The van der Waals surface area contributed by atoms with Gasteiger partial charge in [-0.3, -0.25) is 0 Å². The smallest absolute Gasteiger partial charge is 0.425 e. The summed E-state index contributed by atoms with van der Waals surface area (Å²) in [4.78, 5) is 0. The van der Waals surface area contributed by atoms with Crippen molar-refractivity contribution < 1.29 is 26.7 Å². The van der Waals surface area contributed by atoms with Gasteiger partial charge in [-0.05, 0) is 40.8 Å². The van der Waals surface area contributed by atoms with Gasteiger partial charge in [-0.1, -0.05) is 73.7 Å². The van der Waals surface area contributed by atoms with Crippen LogP contribution in [0.4, 0.5) is 22.0 Å². The van der Waals surface area contributed by atoms with Gasteiger partial charge in [0.15, 0.2) is 0 Å². The molecule has 1 nitrogen and oxygen atoms in total. The van der Waals surface area contributed by atoms with Crippen LogP contribution in [0.2, 0.25) is 0 Å². The van der Waals surface area contributed by atoms with E-state index in [1.807, 2.05) is 37.3 Å². The van der Waals surface area contributed by atoms with Crippen molar-refractivity contribution in [2.24, 2.45) is 0 Å². The van der Waals surface area contributed by atoms with Crippen LogP contribution in [0.1, 0.15) is 29.2 Å². The first-order valence-electron chi connectivity index (χ1n) is 9.51. The Kier molecular flexibility index (Phi) is 6.93. The van der Waals surface area contributed by atoms with Crippen molar-refractivity contribution in [3.05, 3.63) is 101 Å². The Bertz CT molecular complexity index is 953. The number of alkyl halides is 6. The molecule has 0 aromatic heterocycles. The summed E-state index contributed by atoms with van der Waals surface area (Å²) < 4.78 is 67.0. The molecule has 0 heterocycles. The highest BCUT2D eigenvalue weighted by Crippen LogP contribution is 2.39. The van der Waals surface area contributed by atoms with E-state index in [9.17, 15) is 22.0 Å². The van der Waals surface area contributed by atoms with Gasteiger partial charge in [0, 0.05) is 5.41 Å². The van der Waals surface area contributed by atoms with Gasteiger partial charge in [0.2, 0.25) is 0 Å². The van der Waals surface area contributed by atoms with Gasteiger partial charge in [0.25, 0.3) is 0 Å². The lowest BCUT2D eigenvalue weighted by molar-refractivity contribution is -0.127. The molecule has 31 heavy (non-hydrogen) atoms. The molecule has 164 valence electrons. The van der Waals surface area contributed by atoms with E-state index in [0.717, 1.165) is 28.2 Å². The second-order valence-corrected chi connectivity index (χ2v) is 8.82. The summed E-state index contributed by atoms with van der Waals surface area (Å²) >= 11 is 0.897. The maximum atomic E-state index is 13.4. The number of hydrogen-bond acceptors (Lipinski definition) is 1. The summed E-state index contributed by atoms with van der Waals surface area (Å²) in [5, 5.41) is 0. The quantitative estimate of drug-likeness (QED) is 0.168. The maximum absolute atomic E-state index is 13.4. The Morgan fingerprint density at radius 3 is 1.90 bits per heavy atom. The lowest BCUT2D eigenvalue weighted by Crippen LogP contribution is -2.27. The van der Waals surface area contributed by atoms with Crippen molar-refractivity contribution in [3.8, 4) is 5.75 Å². The fraction of sp³-hybridized carbons (Fsp3) is 0.250. The lowest BCUT2D eigenvalue weighted by atomic mass is 9.71. The lowest BCUT2D eigenvalue weighted by Gasteiger charge is -2.32. The van der Waals surface area contributed by atoms with Gasteiger partial charge < -0.3 is 4.74 Å². The third-order valence-corrected chi connectivity index (χ3v) is 5.29. The number of rotatable bonds is 7. The van der Waals surface area contributed by atoms with Gasteiger partial charge in [0.1, 0.15) is 5.75 Å². The zero-order valence-corrected chi connectivity index (χ0v) is 18.8. The molecule has 0 N–H and O–H groups in total. The largest absolute Gasteiger partial charge is 0.451 e. The first kappa shape index (κ1) is 23.5. The molecule has 0 radical (unpaired) electrons. The molecule has 3 rings (SSSR count). The molecule has 0 bridgehead atoms. The Morgan fingerprint density at radius 2 is 1.29 bits per heavy atom. The van der Waals surface area contributed by atoms with E-state index >= 15 is 0 Å². The number of ether oxygens (including phenoxy) is 1. The van der Waals surface area contributed by atoms with E-state index in [1.165, 1.54) is 24.3 Å². The zero-order valence-electron chi connectivity index (χ0n) is 16.6. The van der Waals surface area contributed by atoms with Crippen molar-refractivity contribution in [3.63, 3.8) is 0 Å². The molecular weight excluding hydrogens is 526 g/mol. The Hall–Kier alpha value is -2.16. The molecule has 0 aliphatic carbocycles. The van der Waals surface area contributed by atoms with Gasteiger partial charge >= 0.3 is 10.3 Å². The maximum Gasteiger partial charge on any atom is 0.451 e. The van der Waals surface area contributed by atoms with Crippen LogP contribution in [-0.2, 0) is 18.3 Å². The molecule has 0 saturated carbocycles. The highest BCUT2D eigenvalue weighted by Gasteiger charge is 2.33. The molecule has 0 spiro atoms. The summed E-state index contributed by atoms with van der Waals surface area (Å²) in [5.74, 6) is -0.0115. The minimum atomic E-state index is -4.33. The summed E-state index contributed by atoms with van der Waals surface area (Å²) in [6, 6.07) is 22.2. The third kappa shape index (κ3) is 6.66. The average Bonchev–Trinajstić information content (AvgIpc) is 2.66. The van der Waals surface area contributed by atoms with E-state index in [-0.39, 0.29) is 11.3 Å². The minimum Gasteiger partial charge on any atom is -0.425 e. The highest BCUT2D eigenvalue weighted by atomic mass is 127. The fourth-order valence-corrected chi connectivity index (χ4v) is 3.92. The topological polar surface area (TPSA) is 9.23 Å². The Morgan fingerprint density at radius 1 is 0.710 bits per heavy atom. The van der Waals surface area contributed by atoms with Crippen LogP contribution in [0, 0.1) is 0 Å². The van der Waals surface area contributed by atoms with Gasteiger partial charge in [-0.2, -0.15) is 22.0 Å². The van der Waals surface area contributed by atoms with Crippen molar-refractivity contribution in [1.82, 2.24) is 0 Å². The second kappa shape index (κ2) is 9.14. The van der Waals surface area contributed by atoms with Crippen molar-refractivity contribution in [2.45, 2.75) is 35.5 Å². The van der Waals surface area contributed by atoms with Crippen LogP contribution in [0.25, 0.3) is 0 Å². The first-order valence-corrected chi connectivity index (χ1v) is 10.6. The molecule has 3 aromatic carbocycles. The van der Waals surface area contributed by atoms with Crippen molar-refractivity contribution >= 4 is 22.6 Å². The van der Waals surface area contributed by atoms with Crippen molar-refractivity contribution in [1.29, 1.82) is 0 Å². The molecule has 7 heteroatoms. The van der Waals surface area contributed by atoms with E-state index < -0.39 is 22.1 Å². The number of halogens is 6. The summed E-state index contributed by atoms with van der Waals surface area (Å²) in [7, 11) is 0. The molecular formula is C24H20F5IO. The summed E-state index contributed by atoms with van der Waals surface area (Å²) in [6.07, 6.45) is -4.89.